The molecule has 1 aromatic carbocycles. The molecule has 1 aromatic heterocycles. The maximum Gasteiger partial charge on any atom is 0.138 e. The minimum atomic E-state index is 0.291. The summed E-state index contributed by atoms with van der Waals surface area (Å²) in [5.74, 6) is 1.95. The number of thiophene rings is 1. The van der Waals surface area contributed by atoms with E-state index in [9.17, 15) is 0 Å². The Hall–Kier alpha value is -1.22. The molecule has 0 radical (unpaired) electrons. The van der Waals surface area contributed by atoms with Crippen LogP contribution < -0.4 is 9.47 Å². The zero-order valence-electron chi connectivity index (χ0n) is 15.2. The van der Waals surface area contributed by atoms with Crippen molar-refractivity contribution in [1.82, 2.24) is 0 Å². The summed E-state index contributed by atoms with van der Waals surface area (Å²) in [5.41, 5.74) is 1.85. The van der Waals surface area contributed by atoms with E-state index in [2.05, 4.69) is 52.1 Å². The van der Waals surface area contributed by atoms with E-state index in [0.717, 1.165) is 24.3 Å². The first kappa shape index (κ1) is 16.6. The third-order valence-electron chi connectivity index (χ3n) is 4.87. The fourth-order valence-electron chi connectivity index (χ4n) is 4.45. The highest BCUT2D eigenvalue weighted by Gasteiger charge is 2.39. The molecule has 3 rings (SSSR count). The topological polar surface area (TPSA) is 18.5 Å². The van der Waals surface area contributed by atoms with Gasteiger partial charge in [-0.25, -0.2) is 0 Å². The van der Waals surface area contributed by atoms with Crippen molar-refractivity contribution in [3.63, 3.8) is 0 Å². The highest BCUT2D eigenvalue weighted by Crippen LogP contribution is 2.47. The Morgan fingerprint density at radius 2 is 1.70 bits per heavy atom. The van der Waals surface area contributed by atoms with Gasteiger partial charge >= 0.3 is 0 Å². The van der Waals surface area contributed by atoms with Gasteiger partial charge in [-0.15, -0.1) is 11.3 Å². The highest BCUT2D eigenvalue weighted by atomic mass is 32.1. The number of aryl methyl sites for hydroxylation is 1. The molecule has 0 bridgehead atoms. The lowest BCUT2D eigenvalue weighted by atomic mass is 9.64. The normalized spacial score (nSPS) is 20.6. The van der Waals surface area contributed by atoms with Crippen molar-refractivity contribution in [2.75, 3.05) is 7.11 Å². The van der Waals surface area contributed by atoms with Gasteiger partial charge in [0.15, 0.2) is 0 Å². The molecule has 0 spiro atoms. The highest BCUT2D eigenvalue weighted by molar-refractivity contribution is 7.17. The molecule has 1 aliphatic carbocycles. The van der Waals surface area contributed by atoms with Gasteiger partial charge in [-0.3, -0.25) is 0 Å². The van der Waals surface area contributed by atoms with Crippen LogP contribution in [-0.4, -0.2) is 13.2 Å². The number of rotatable bonds is 3. The molecule has 2 nitrogen and oxygen atoms in total. The molecule has 1 saturated carbocycles. The van der Waals surface area contributed by atoms with Gasteiger partial charge in [0.1, 0.15) is 11.5 Å². The number of fused-ring (bicyclic) bond motifs is 1. The van der Waals surface area contributed by atoms with Crippen molar-refractivity contribution >= 4 is 21.4 Å². The van der Waals surface area contributed by atoms with Crippen LogP contribution in [0.5, 0.6) is 11.5 Å². The lowest BCUT2D eigenvalue weighted by molar-refractivity contribution is 0.0142. The van der Waals surface area contributed by atoms with Gasteiger partial charge in [0.25, 0.3) is 0 Å². The molecule has 1 heterocycles. The minimum absolute atomic E-state index is 0.291. The van der Waals surface area contributed by atoms with E-state index < -0.39 is 0 Å². The minimum Gasteiger partial charge on any atom is -0.496 e. The van der Waals surface area contributed by atoms with E-state index in [4.69, 9.17) is 9.47 Å². The Kier molecular flexibility index (Phi) is 4.12. The third kappa shape index (κ3) is 3.50. The Morgan fingerprint density at radius 1 is 1.04 bits per heavy atom. The summed E-state index contributed by atoms with van der Waals surface area (Å²) in [6.45, 7) is 11.5. The van der Waals surface area contributed by atoms with Crippen LogP contribution in [0.1, 0.15) is 52.5 Å². The summed E-state index contributed by atoms with van der Waals surface area (Å²) in [6, 6.07) is 4.32. The molecule has 0 unspecified atom stereocenters. The molecule has 0 N–H and O–H groups in total. The Bertz CT molecular complexity index is 696. The van der Waals surface area contributed by atoms with Gasteiger partial charge in [-0.1, -0.05) is 27.7 Å². The van der Waals surface area contributed by atoms with Gasteiger partial charge < -0.3 is 9.47 Å². The molecule has 0 amide bonds. The van der Waals surface area contributed by atoms with E-state index >= 15 is 0 Å². The van der Waals surface area contributed by atoms with Crippen molar-refractivity contribution in [1.29, 1.82) is 0 Å². The first-order chi connectivity index (χ1) is 10.7. The molecule has 0 atom stereocenters. The zero-order chi connectivity index (χ0) is 16.8. The van der Waals surface area contributed by atoms with Crippen molar-refractivity contribution in [2.24, 2.45) is 10.8 Å². The lowest BCUT2D eigenvalue weighted by Gasteiger charge is -2.44. The smallest absolute Gasteiger partial charge is 0.138 e. The summed E-state index contributed by atoms with van der Waals surface area (Å²) >= 11 is 1.76. The molecule has 126 valence electrons. The second-order valence-corrected chi connectivity index (χ2v) is 9.48. The summed E-state index contributed by atoms with van der Waals surface area (Å²) in [7, 11) is 1.73. The fourth-order valence-corrected chi connectivity index (χ4v) is 5.40. The number of benzene rings is 1. The third-order valence-corrected chi connectivity index (χ3v) is 5.79. The lowest BCUT2D eigenvalue weighted by Crippen LogP contribution is -2.39. The Balaban J connectivity index is 1.89. The summed E-state index contributed by atoms with van der Waals surface area (Å²) < 4.78 is 13.2. The Morgan fingerprint density at radius 3 is 2.30 bits per heavy atom. The summed E-state index contributed by atoms with van der Waals surface area (Å²) in [4.78, 5) is 0. The molecular formula is C20H28O2S. The predicted molar refractivity (Wildman–Crippen MR) is 98.9 cm³/mol. The number of hydrogen-bond donors (Lipinski definition) is 0. The van der Waals surface area contributed by atoms with E-state index in [1.165, 1.54) is 22.1 Å². The van der Waals surface area contributed by atoms with Gasteiger partial charge in [-0.2, -0.15) is 0 Å². The maximum atomic E-state index is 6.47. The summed E-state index contributed by atoms with van der Waals surface area (Å²) in [5, 5.41) is 3.33. The molecule has 0 aliphatic heterocycles. The van der Waals surface area contributed by atoms with Gasteiger partial charge in [0.2, 0.25) is 0 Å². The fraction of sp³-hybridized carbons (Fsp3) is 0.600. The Labute approximate surface area is 143 Å². The van der Waals surface area contributed by atoms with E-state index in [0.29, 0.717) is 16.9 Å². The monoisotopic (exact) mass is 332 g/mol. The SMILES string of the molecule is COc1cc2c(OC3CC(C)(C)CC(C)(C)C3)csc2cc1C. The van der Waals surface area contributed by atoms with Gasteiger partial charge in [0, 0.05) is 15.5 Å². The largest absolute Gasteiger partial charge is 0.496 e. The van der Waals surface area contributed by atoms with Crippen LogP contribution in [0.2, 0.25) is 0 Å². The van der Waals surface area contributed by atoms with Crippen LogP contribution in [0, 0.1) is 17.8 Å². The van der Waals surface area contributed by atoms with Crippen LogP contribution in [0.4, 0.5) is 0 Å². The van der Waals surface area contributed by atoms with Crippen LogP contribution in [-0.2, 0) is 0 Å². The first-order valence-corrected chi connectivity index (χ1v) is 9.30. The van der Waals surface area contributed by atoms with Crippen LogP contribution in [0.15, 0.2) is 17.5 Å². The molecule has 23 heavy (non-hydrogen) atoms. The zero-order valence-corrected chi connectivity index (χ0v) is 16.0. The van der Waals surface area contributed by atoms with Crippen molar-refractivity contribution < 1.29 is 9.47 Å². The molecule has 1 fully saturated rings. The molecule has 1 aliphatic rings. The second kappa shape index (κ2) is 5.70. The van der Waals surface area contributed by atoms with Crippen LogP contribution in [0.3, 0.4) is 0 Å². The summed E-state index contributed by atoms with van der Waals surface area (Å²) in [6.07, 6.45) is 3.80. The van der Waals surface area contributed by atoms with Gasteiger partial charge in [0.05, 0.1) is 13.2 Å². The van der Waals surface area contributed by atoms with Crippen molar-refractivity contribution in [2.45, 2.75) is 60.0 Å². The van der Waals surface area contributed by atoms with Crippen molar-refractivity contribution in [3.05, 3.63) is 23.1 Å². The van der Waals surface area contributed by atoms with Crippen molar-refractivity contribution in [3.8, 4) is 11.5 Å². The number of methoxy groups -OCH3 is 1. The van der Waals surface area contributed by atoms with E-state index in [1.807, 2.05) is 0 Å². The average molecular weight is 333 g/mol. The van der Waals surface area contributed by atoms with E-state index in [-0.39, 0.29) is 0 Å². The van der Waals surface area contributed by atoms with Gasteiger partial charge in [-0.05, 0) is 54.7 Å². The number of hydrogen-bond acceptors (Lipinski definition) is 3. The van der Waals surface area contributed by atoms with E-state index in [1.54, 1.807) is 18.4 Å². The standard InChI is InChI=1S/C20H28O2S/c1-13-7-18-15(8-16(13)21-6)17(11-23-18)22-14-9-19(2,3)12-20(4,5)10-14/h7-8,11,14H,9-10,12H2,1-6H3. The maximum absolute atomic E-state index is 6.47. The number of ether oxygens (including phenoxy) is 2. The van der Waals surface area contributed by atoms with Crippen LogP contribution >= 0.6 is 11.3 Å². The first-order valence-electron chi connectivity index (χ1n) is 8.42. The molecule has 2 aromatic rings. The average Bonchev–Trinajstić information content (AvgIpc) is 2.76. The second-order valence-electron chi connectivity index (χ2n) is 8.57. The predicted octanol–water partition coefficient (Wildman–Crippen LogP) is 6.20. The molecule has 3 heteroatoms. The molecule has 0 saturated heterocycles. The van der Waals surface area contributed by atoms with Crippen LogP contribution in [0.25, 0.3) is 10.1 Å². The quantitative estimate of drug-likeness (QED) is 0.666. The molecular weight excluding hydrogens is 304 g/mol.